The van der Waals surface area contributed by atoms with Gasteiger partial charge in [-0.1, -0.05) is 0 Å². The fourth-order valence-corrected chi connectivity index (χ4v) is 3.98. The standard InChI is InChI=1S/C10H25NO5Si/c1-3-14-17(15-8-6-12,16-9-7-13)10-4-5-11-2/h11-13H,3-10H2,1-2H3. The van der Waals surface area contributed by atoms with Crippen LogP contribution in [-0.4, -0.2) is 65.6 Å². The van der Waals surface area contributed by atoms with Gasteiger partial charge in [0, 0.05) is 12.7 Å². The van der Waals surface area contributed by atoms with Crippen molar-refractivity contribution < 1.29 is 23.5 Å². The SMILES string of the molecule is CCO[Si](CCCNC)(OCCO)OCCO. The molecule has 0 aliphatic carbocycles. The van der Waals surface area contributed by atoms with E-state index in [1.54, 1.807) is 0 Å². The van der Waals surface area contributed by atoms with E-state index in [4.69, 9.17) is 23.5 Å². The molecule has 0 spiro atoms. The van der Waals surface area contributed by atoms with E-state index in [0.717, 1.165) is 13.0 Å². The third kappa shape index (κ3) is 7.82. The lowest BCUT2D eigenvalue weighted by Gasteiger charge is -2.28. The van der Waals surface area contributed by atoms with Gasteiger partial charge in [0.25, 0.3) is 0 Å². The van der Waals surface area contributed by atoms with E-state index in [9.17, 15) is 0 Å². The molecule has 0 saturated heterocycles. The first kappa shape index (κ1) is 17.0. The first-order valence-electron chi connectivity index (χ1n) is 6.03. The summed E-state index contributed by atoms with van der Waals surface area (Å²) in [5, 5.41) is 20.7. The van der Waals surface area contributed by atoms with Crippen molar-refractivity contribution in [1.82, 2.24) is 5.32 Å². The number of hydrogen-bond acceptors (Lipinski definition) is 6. The molecule has 0 fully saturated rings. The molecular weight excluding hydrogens is 242 g/mol. The molecule has 17 heavy (non-hydrogen) atoms. The minimum atomic E-state index is -2.73. The van der Waals surface area contributed by atoms with E-state index in [1.807, 2.05) is 14.0 Å². The van der Waals surface area contributed by atoms with Gasteiger partial charge in [-0.3, -0.25) is 0 Å². The van der Waals surface area contributed by atoms with Gasteiger partial charge in [0.2, 0.25) is 0 Å². The minimum absolute atomic E-state index is 0.0592. The Labute approximate surface area is 104 Å². The highest BCUT2D eigenvalue weighted by Crippen LogP contribution is 2.17. The van der Waals surface area contributed by atoms with Gasteiger partial charge in [-0.2, -0.15) is 0 Å². The van der Waals surface area contributed by atoms with Crippen LogP contribution in [0.5, 0.6) is 0 Å². The van der Waals surface area contributed by atoms with Crippen LogP contribution >= 0.6 is 0 Å². The summed E-state index contributed by atoms with van der Waals surface area (Å²) in [4.78, 5) is 0. The van der Waals surface area contributed by atoms with Gasteiger partial charge in [0.05, 0.1) is 26.4 Å². The Bertz CT molecular complexity index is 165. The molecule has 0 unspecified atom stereocenters. The van der Waals surface area contributed by atoms with E-state index < -0.39 is 8.80 Å². The molecule has 0 bridgehead atoms. The first-order valence-corrected chi connectivity index (χ1v) is 7.96. The van der Waals surface area contributed by atoms with Gasteiger partial charge in [0.15, 0.2) is 0 Å². The number of hydrogen-bond donors (Lipinski definition) is 3. The van der Waals surface area contributed by atoms with Gasteiger partial charge in [0.1, 0.15) is 0 Å². The third-order valence-electron chi connectivity index (χ3n) is 2.10. The zero-order valence-corrected chi connectivity index (χ0v) is 11.8. The maximum absolute atomic E-state index is 8.82. The maximum Gasteiger partial charge on any atom is 0.501 e. The topological polar surface area (TPSA) is 80.2 Å². The Morgan fingerprint density at radius 1 is 1.06 bits per heavy atom. The van der Waals surface area contributed by atoms with Crippen LogP contribution in [-0.2, 0) is 13.3 Å². The molecule has 7 heteroatoms. The molecule has 0 aliphatic rings. The lowest BCUT2D eigenvalue weighted by Crippen LogP contribution is -2.47. The molecule has 0 rings (SSSR count). The van der Waals surface area contributed by atoms with Crippen molar-refractivity contribution in [1.29, 1.82) is 0 Å². The monoisotopic (exact) mass is 267 g/mol. The number of rotatable bonds is 12. The molecule has 0 amide bonds. The molecule has 0 saturated carbocycles. The van der Waals surface area contributed by atoms with Gasteiger partial charge in [-0.05, 0) is 26.9 Å². The van der Waals surface area contributed by atoms with Crippen LogP contribution in [0.4, 0.5) is 0 Å². The Morgan fingerprint density at radius 3 is 2.06 bits per heavy atom. The van der Waals surface area contributed by atoms with Crippen molar-refractivity contribution in [2.24, 2.45) is 0 Å². The molecule has 0 heterocycles. The first-order chi connectivity index (χ1) is 8.24. The van der Waals surface area contributed by atoms with Crippen molar-refractivity contribution in [2.45, 2.75) is 19.4 Å². The highest BCUT2D eigenvalue weighted by molar-refractivity contribution is 6.60. The Morgan fingerprint density at radius 2 is 1.65 bits per heavy atom. The second-order valence-electron chi connectivity index (χ2n) is 3.47. The van der Waals surface area contributed by atoms with E-state index in [0.29, 0.717) is 12.7 Å². The largest absolute Gasteiger partial charge is 0.501 e. The molecule has 0 atom stereocenters. The lowest BCUT2D eigenvalue weighted by atomic mass is 10.5. The van der Waals surface area contributed by atoms with Gasteiger partial charge >= 0.3 is 8.80 Å². The van der Waals surface area contributed by atoms with Crippen LogP contribution in [0, 0.1) is 0 Å². The quantitative estimate of drug-likeness (QED) is 0.329. The molecule has 0 radical (unpaired) electrons. The molecule has 3 N–H and O–H groups in total. The van der Waals surface area contributed by atoms with Gasteiger partial charge < -0.3 is 28.8 Å². The lowest BCUT2D eigenvalue weighted by molar-refractivity contribution is 0.0391. The van der Waals surface area contributed by atoms with Crippen molar-refractivity contribution in [2.75, 3.05) is 46.6 Å². The van der Waals surface area contributed by atoms with Crippen molar-refractivity contribution >= 4 is 8.80 Å². The highest BCUT2D eigenvalue weighted by Gasteiger charge is 2.40. The van der Waals surface area contributed by atoms with Crippen LogP contribution in [0.25, 0.3) is 0 Å². The second kappa shape index (κ2) is 11.1. The zero-order chi connectivity index (χ0) is 13.0. The number of aliphatic hydroxyl groups is 2. The summed E-state index contributed by atoms with van der Waals surface area (Å²) in [5.41, 5.74) is 0. The summed E-state index contributed by atoms with van der Waals surface area (Å²) >= 11 is 0. The van der Waals surface area contributed by atoms with Crippen molar-refractivity contribution in [3.05, 3.63) is 0 Å². The van der Waals surface area contributed by atoms with Crippen molar-refractivity contribution in [3.63, 3.8) is 0 Å². The van der Waals surface area contributed by atoms with Gasteiger partial charge in [-0.25, -0.2) is 0 Å². The average Bonchev–Trinajstić information content (AvgIpc) is 2.34. The number of aliphatic hydroxyl groups excluding tert-OH is 2. The van der Waals surface area contributed by atoms with Crippen LogP contribution in [0.1, 0.15) is 13.3 Å². The minimum Gasteiger partial charge on any atom is -0.394 e. The predicted octanol–water partition coefficient (Wildman–Crippen LogP) is -0.411. The molecule has 0 aromatic carbocycles. The summed E-state index contributed by atoms with van der Waals surface area (Å²) in [6, 6.07) is 0.682. The van der Waals surface area contributed by atoms with Crippen LogP contribution in [0.3, 0.4) is 0 Å². The maximum atomic E-state index is 8.82. The van der Waals surface area contributed by atoms with E-state index in [1.165, 1.54) is 0 Å². The molecule has 0 aromatic rings. The smallest absolute Gasteiger partial charge is 0.394 e. The fraction of sp³-hybridized carbons (Fsp3) is 1.00. The fourth-order valence-electron chi connectivity index (χ4n) is 1.45. The Balaban J connectivity index is 4.32. The van der Waals surface area contributed by atoms with E-state index in [2.05, 4.69) is 5.32 Å². The normalized spacial score (nSPS) is 12.0. The summed E-state index contributed by atoms with van der Waals surface area (Å²) < 4.78 is 16.8. The van der Waals surface area contributed by atoms with Crippen molar-refractivity contribution in [3.8, 4) is 0 Å². The highest BCUT2D eigenvalue weighted by atomic mass is 28.4. The Kier molecular flexibility index (Phi) is 11.1. The Hall–Kier alpha value is -0.0231. The molecule has 0 aromatic heterocycles. The predicted molar refractivity (Wildman–Crippen MR) is 66.8 cm³/mol. The van der Waals surface area contributed by atoms with E-state index in [-0.39, 0.29) is 26.4 Å². The summed E-state index contributed by atoms with van der Waals surface area (Å²) in [5.74, 6) is 0. The van der Waals surface area contributed by atoms with Gasteiger partial charge in [-0.15, -0.1) is 0 Å². The molecule has 0 aliphatic heterocycles. The third-order valence-corrected chi connectivity index (χ3v) is 5.08. The average molecular weight is 267 g/mol. The van der Waals surface area contributed by atoms with Crippen LogP contribution in [0.15, 0.2) is 0 Å². The summed E-state index contributed by atoms with van der Waals surface area (Å²) in [7, 11) is -0.853. The number of nitrogens with one attached hydrogen (secondary N) is 1. The molecular formula is C10H25NO5Si. The zero-order valence-electron chi connectivity index (χ0n) is 10.8. The molecule has 6 nitrogen and oxygen atoms in total. The second-order valence-corrected chi connectivity index (χ2v) is 6.20. The van der Waals surface area contributed by atoms with Crippen LogP contribution < -0.4 is 5.32 Å². The summed E-state index contributed by atoms with van der Waals surface area (Å²) in [6.07, 6.45) is 0.875. The van der Waals surface area contributed by atoms with E-state index >= 15 is 0 Å². The summed E-state index contributed by atoms with van der Waals surface area (Å²) in [6.45, 7) is 3.53. The van der Waals surface area contributed by atoms with Crippen LogP contribution in [0.2, 0.25) is 6.04 Å². The molecule has 104 valence electrons.